The molecule has 0 aliphatic carbocycles. The van der Waals surface area contributed by atoms with Gasteiger partial charge in [0.25, 0.3) is 0 Å². The number of aryl methyl sites for hydroxylation is 2. The molecule has 0 fully saturated rings. The van der Waals surface area contributed by atoms with Crippen LogP contribution in [0.3, 0.4) is 0 Å². The highest BCUT2D eigenvalue weighted by molar-refractivity contribution is 6.30. The van der Waals surface area contributed by atoms with Gasteiger partial charge in [-0.15, -0.1) is 0 Å². The van der Waals surface area contributed by atoms with Crippen LogP contribution in [-0.2, 0) is 6.54 Å². The van der Waals surface area contributed by atoms with Crippen LogP contribution < -0.4 is 5.32 Å². The highest BCUT2D eigenvalue weighted by Gasteiger charge is 2.03. The third-order valence-electron chi connectivity index (χ3n) is 2.87. The van der Waals surface area contributed by atoms with E-state index in [-0.39, 0.29) is 0 Å². The Morgan fingerprint density at radius 3 is 2.39 bits per heavy atom. The van der Waals surface area contributed by atoms with Gasteiger partial charge in [-0.3, -0.25) is 0 Å². The summed E-state index contributed by atoms with van der Waals surface area (Å²) in [6, 6.07) is 11.6. The molecule has 0 amide bonds. The molecule has 0 aliphatic rings. The Hall–Kier alpha value is -1.67. The Morgan fingerprint density at radius 2 is 1.78 bits per heavy atom. The monoisotopic (exact) mass is 261 g/mol. The first-order valence-corrected chi connectivity index (χ1v) is 6.22. The van der Waals surface area contributed by atoms with Crippen molar-refractivity contribution in [1.29, 1.82) is 0 Å². The fraction of sp³-hybridized carbons (Fsp3) is 0.200. The second-order valence-electron chi connectivity index (χ2n) is 4.44. The van der Waals surface area contributed by atoms with Crippen LogP contribution in [0.25, 0.3) is 0 Å². The Morgan fingerprint density at radius 1 is 1.11 bits per heavy atom. The average Bonchev–Trinajstić information content (AvgIpc) is 2.33. The molecule has 0 atom stereocenters. The molecular weight excluding hydrogens is 246 g/mol. The zero-order valence-electron chi connectivity index (χ0n) is 10.5. The van der Waals surface area contributed by atoms with Crippen LogP contribution in [0.2, 0.25) is 5.02 Å². The maximum atomic E-state index is 9.71. The van der Waals surface area contributed by atoms with E-state index in [2.05, 4.69) is 5.32 Å². The number of anilines is 1. The summed E-state index contributed by atoms with van der Waals surface area (Å²) < 4.78 is 0. The number of rotatable bonds is 3. The number of phenolic OH excluding ortho intramolecular Hbond substituents is 1. The Bertz CT molecular complexity index is 543. The summed E-state index contributed by atoms with van der Waals surface area (Å²) >= 11 is 5.92. The van der Waals surface area contributed by atoms with Crippen LogP contribution >= 0.6 is 11.6 Å². The summed E-state index contributed by atoms with van der Waals surface area (Å²) in [5, 5.41) is 13.7. The SMILES string of the molecule is Cc1cc(CNc2cccc(Cl)c2)cc(C)c1O. The third kappa shape index (κ3) is 2.96. The molecule has 0 aromatic heterocycles. The van der Waals surface area contributed by atoms with Crippen LogP contribution in [0, 0.1) is 13.8 Å². The van der Waals surface area contributed by atoms with Crippen LogP contribution in [0.4, 0.5) is 5.69 Å². The second-order valence-corrected chi connectivity index (χ2v) is 4.88. The number of phenols is 1. The summed E-state index contributed by atoms with van der Waals surface area (Å²) in [6.45, 7) is 4.53. The van der Waals surface area contributed by atoms with Gasteiger partial charge in [0.05, 0.1) is 0 Å². The lowest BCUT2D eigenvalue weighted by Crippen LogP contribution is -2.00. The van der Waals surface area contributed by atoms with Crippen molar-refractivity contribution in [3.05, 3.63) is 58.1 Å². The maximum absolute atomic E-state index is 9.71. The highest BCUT2D eigenvalue weighted by atomic mass is 35.5. The predicted molar refractivity (Wildman–Crippen MR) is 76.4 cm³/mol. The minimum atomic E-state index is 0.376. The smallest absolute Gasteiger partial charge is 0.121 e. The number of benzene rings is 2. The van der Waals surface area contributed by atoms with Gasteiger partial charge in [-0.25, -0.2) is 0 Å². The van der Waals surface area contributed by atoms with E-state index in [0.29, 0.717) is 12.3 Å². The first-order valence-electron chi connectivity index (χ1n) is 5.85. The van der Waals surface area contributed by atoms with Crippen molar-refractivity contribution in [2.45, 2.75) is 20.4 Å². The van der Waals surface area contributed by atoms with Gasteiger partial charge in [0.15, 0.2) is 0 Å². The first kappa shape index (κ1) is 12.8. The molecule has 94 valence electrons. The van der Waals surface area contributed by atoms with Crippen molar-refractivity contribution in [2.75, 3.05) is 5.32 Å². The second kappa shape index (κ2) is 5.32. The Kier molecular flexibility index (Phi) is 3.78. The van der Waals surface area contributed by atoms with Crippen molar-refractivity contribution >= 4 is 17.3 Å². The van der Waals surface area contributed by atoms with Gasteiger partial charge in [-0.2, -0.15) is 0 Å². The number of aromatic hydroxyl groups is 1. The van der Waals surface area contributed by atoms with E-state index >= 15 is 0 Å². The van der Waals surface area contributed by atoms with Crippen molar-refractivity contribution < 1.29 is 5.11 Å². The summed E-state index contributed by atoms with van der Waals surface area (Å²) in [5.74, 6) is 0.376. The lowest BCUT2D eigenvalue weighted by Gasteiger charge is -2.10. The van der Waals surface area contributed by atoms with Crippen LogP contribution in [0.15, 0.2) is 36.4 Å². The molecule has 3 heteroatoms. The summed E-state index contributed by atoms with van der Waals surface area (Å²) in [7, 11) is 0. The molecule has 0 heterocycles. The quantitative estimate of drug-likeness (QED) is 0.865. The molecule has 18 heavy (non-hydrogen) atoms. The van der Waals surface area contributed by atoms with Gasteiger partial charge in [0, 0.05) is 17.3 Å². The number of hydrogen-bond donors (Lipinski definition) is 2. The molecule has 0 unspecified atom stereocenters. The molecule has 2 N–H and O–H groups in total. The van der Waals surface area contributed by atoms with Crippen LogP contribution in [-0.4, -0.2) is 5.11 Å². The van der Waals surface area contributed by atoms with Crippen molar-refractivity contribution in [3.8, 4) is 5.75 Å². The number of hydrogen-bond acceptors (Lipinski definition) is 2. The number of nitrogens with one attached hydrogen (secondary N) is 1. The van der Waals surface area contributed by atoms with Gasteiger partial charge < -0.3 is 10.4 Å². The van der Waals surface area contributed by atoms with Crippen LogP contribution in [0.1, 0.15) is 16.7 Å². The predicted octanol–water partition coefficient (Wildman–Crippen LogP) is 4.27. The third-order valence-corrected chi connectivity index (χ3v) is 3.11. The molecule has 0 saturated heterocycles. The average molecular weight is 262 g/mol. The molecule has 0 spiro atoms. The molecule has 2 rings (SSSR count). The molecular formula is C15H16ClNO. The molecule has 2 aromatic rings. The van der Waals surface area contributed by atoms with Gasteiger partial charge in [0.2, 0.25) is 0 Å². The first-order chi connectivity index (χ1) is 8.56. The molecule has 0 radical (unpaired) electrons. The topological polar surface area (TPSA) is 32.3 Å². The number of halogens is 1. The van der Waals surface area contributed by atoms with E-state index in [0.717, 1.165) is 27.4 Å². The minimum absolute atomic E-state index is 0.376. The lowest BCUT2D eigenvalue weighted by molar-refractivity contribution is 0.466. The summed E-state index contributed by atoms with van der Waals surface area (Å²) in [5.41, 5.74) is 3.93. The normalized spacial score (nSPS) is 10.4. The van der Waals surface area contributed by atoms with E-state index in [1.165, 1.54) is 0 Å². The van der Waals surface area contributed by atoms with E-state index < -0.39 is 0 Å². The largest absolute Gasteiger partial charge is 0.507 e. The maximum Gasteiger partial charge on any atom is 0.121 e. The molecule has 0 aliphatic heterocycles. The molecule has 0 bridgehead atoms. The zero-order chi connectivity index (χ0) is 13.1. The van der Waals surface area contributed by atoms with E-state index in [4.69, 9.17) is 11.6 Å². The minimum Gasteiger partial charge on any atom is -0.507 e. The van der Waals surface area contributed by atoms with Gasteiger partial charge in [-0.05, 0) is 48.7 Å². The van der Waals surface area contributed by atoms with E-state index in [1.807, 2.05) is 50.2 Å². The standard InChI is InChI=1S/C15H16ClNO/c1-10-6-12(7-11(2)15(10)18)9-17-14-5-3-4-13(16)8-14/h3-8,17-18H,9H2,1-2H3. The van der Waals surface area contributed by atoms with E-state index in [1.54, 1.807) is 0 Å². The highest BCUT2D eigenvalue weighted by Crippen LogP contribution is 2.23. The van der Waals surface area contributed by atoms with Gasteiger partial charge in [0.1, 0.15) is 5.75 Å². The lowest BCUT2D eigenvalue weighted by atomic mass is 10.1. The van der Waals surface area contributed by atoms with Crippen molar-refractivity contribution in [2.24, 2.45) is 0 Å². The van der Waals surface area contributed by atoms with Crippen LogP contribution in [0.5, 0.6) is 5.75 Å². The fourth-order valence-electron chi connectivity index (χ4n) is 1.95. The molecule has 2 aromatic carbocycles. The Labute approximate surface area is 112 Å². The van der Waals surface area contributed by atoms with Gasteiger partial charge in [-0.1, -0.05) is 29.8 Å². The van der Waals surface area contributed by atoms with Crippen molar-refractivity contribution in [1.82, 2.24) is 0 Å². The Balaban J connectivity index is 2.11. The van der Waals surface area contributed by atoms with E-state index in [9.17, 15) is 5.11 Å². The van der Waals surface area contributed by atoms with Gasteiger partial charge >= 0.3 is 0 Å². The molecule has 2 nitrogen and oxygen atoms in total. The van der Waals surface area contributed by atoms with Crippen molar-refractivity contribution in [3.63, 3.8) is 0 Å². The fourth-order valence-corrected chi connectivity index (χ4v) is 2.14. The summed E-state index contributed by atoms with van der Waals surface area (Å²) in [6.07, 6.45) is 0. The zero-order valence-corrected chi connectivity index (χ0v) is 11.3. The summed E-state index contributed by atoms with van der Waals surface area (Å²) in [4.78, 5) is 0. The molecule has 0 saturated carbocycles.